The van der Waals surface area contributed by atoms with Crippen molar-refractivity contribution in [1.29, 1.82) is 0 Å². The third kappa shape index (κ3) is 13.7. The summed E-state index contributed by atoms with van der Waals surface area (Å²) in [5, 5.41) is 28.9. The highest BCUT2D eigenvalue weighted by Crippen LogP contribution is 2.59. The van der Waals surface area contributed by atoms with Crippen LogP contribution in [0.5, 0.6) is 0 Å². The van der Waals surface area contributed by atoms with Gasteiger partial charge in [-0.2, -0.15) is 52.7 Å². The molecule has 11 fully saturated rings. The van der Waals surface area contributed by atoms with Crippen LogP contribution in [0.4, 0.5) is 52.7 Å². The lowest BCUT2D eigenvalue weighted by Crippen LogP contribution is -2.62. The van der Waals surface area contributed by atoms with Crippen molar-refractivity contribution >= 4 is 29.8 Å². The first kappa shape index (κ1) is 66.0. The largest absolute Gasteiger partial charge is 0.459 e. The number of alkyl halides is 12. The zero-order valence-electron chi connectivity index (χ0n) is 46.1. The number of esters is 4. The van der Waals surface area contributed by atoms with Crippen LogP contribution in [0.25, 0.3) is 0 Å². The first-order valence-corrected chi connectivity index (χ1v) is 27.7. The van der Waals surface area contributed by atoms with Crippen molar-refractivity contribution in [3.8, 4) is 0 Å². The third-order valence-corrected chi connectivity index (χ3v) is 18.0. The standard InChI is InChI=1S/C16H16F12O4.C15H22O3.C14H20O3.C11H12O5/c1-7(6-11(30,13(17,18)19)14(20,21)22)10(29)32-9-4-2-3-8(5-9)12(31,15(23,24)25)16(26,27)28;1-10(2)14(16)18-15(7-3-4-8-15)12-9-11-5-6-13(12)17-11;1-9(2)12(15)17-14-6-10-3-11(7-14)5-13(16,4-10)8-14;1-5(3-12)11(13)16-9-7-2-6-4-14-10(9)8(6)15-7/h6,8-9,30-31H,2-5H2,1H3;11-13H,1,3-9H2,2H3;10-11,16H,1,3-8H2,2H3;6-10H,2,4H2,1H3. The lowest BCUT2D eigenvalue weighted by molar-refractivity contribution is -0.388. The van der Waals surface area contributed by atoms with Gasteiger partial charge in [-0.15, -0.1) is 0 Å². The Morgan fingerprint density at radius 3 is 1.71 bits per heavy atom. The van der Waals surface area contributed by atoms with Crippen LogP contribution in [0.15, 0.2) is 41.5 Å². The molecule has 468 valence electrons. The number of hydrogen-bond acceptors (Lipinski definition) is 15. The third-order valence-electron chi connectivity index (χ3n) is 18.0. The van der Waals surface area contributed by atoms with Crippen LogP contribution in [0.1, 0.15) is 143 Å². The average molecular weight is 1210 g/mol. The average Bonchev–Trinajstić information content (AvgIpc) is 2.32. The fourth-order valence-electron chi connectivity index (χ4n) is 14.5. The van der Waals surface area contributed by atoms with Crippen LogP contribution in [0.2, 0.25) is 0 Å². The zero-order chi connectivity index (χ0) is 61.8. The SMILES string of the molecule is C=C(C)C(=O)OC1(C2CC3CCC2O3)CCCC1.C=C(C)C(=O)OC12CC3CC(CC(O)(C3)C1)C2.CC(=C=O)C(=O)OC1C2CC3COC1C3O2.CC(=CC(O)(C(F)(F)F)C(F)(F)F)C(=O)OC1CCCC(C(O)(C(F)(F)F)C(F)(F)F)C1. The van der Waals surface area contributed by atoms with E-state index in [9.17, 15) is 86.9 Å². The molecule has 27 heteroatoms. The minimum atomic E-state index is -6.32. The van der Waals surface area contributed by atoms with Gasteiger partial charge in [0.15, 0.2) is 6.10 Å². The van der Waals surface area contributed by atoms with Gasteiger partial charge in [0.2, 0.25) is 0 Å². The first-order chi connectivity index (χ1) is 38.2. The van der Waals surface area contributed by atoms with E-state index in [0.29, 0.717) is 67.0 Å². The number of aliphatic hydroxyl groups is 3. The summed E-state index contributed by atoms with van der Waals surface area (Å²) in [5.41, 5.74) is -12.4. The predicted octanol–water partition coefficient (Wildman–Crippen LogP) is 9.78. The Morgan fingerprint density at radius 2 is 1.22 bits per heavy atom. The fourth-order valence-corrected chi connectivity index (χ4v) is 14.5. The van der Waals surface area contributed by atoms with Gasteiger partial charge in [-0.1, -0.05) is 13.2 Å². The molecule has 11 rings (SSSR count). The number of ether oxygens (including phenoxy) is 7. The van der Waals surface area contributed by atoms with E-state index in [2.05, 4.69) is 17.9 Å². The monoisotopic (exact) mass is 1210 g/mol. The summed E-state index contributed by atoms with van der Waals surface area (Å²) in [6.45, 7) is 13.2. The molecular formula is C56H70F12O15. The summed E-state index contributed by atoms with van der Waals surface area (Å²) in [6.07, 6.45) is -16.2. The predicted molar refractivity (Wildman–Crippen MR) is 262 cm³/mol. The van der Waals surface area contributed by atoms with Crippen molar-refractivity contribution in [3.05, 3.63) is 41.5 Å². The second-order valence-corrected chi connectivity index (χ2v) is 24.5. The molecule has 0 spiro atoms. The van der Waals surface area contributed by atoms with E-state index < -0.39 is 102 Å². The highest BCUT2D eigenvalue weighted by Gasteiger charge is 2.74. The van der Waals surface area contributed by atoms with Crippen molar-refractivity contribution in [3.63, 3.8) is 0 Å². The van der Waals surface area contributed by atoms with Gasteiger partial charge in [-0.3, -0.25) is 0 Å². The van der Waals surface area contributed by atoms with E-state index in [1.54, 1.807) is 13.8 Å². The molecule has 12 atom stereocenters. The maximum atomic E-state index is 13.0. The molecule has 15 nitrogen and oxygen atoms in total. The summed E-state index contributed by atoms with van der Waals surface area (Å²) < 4.78 is 192. The number of carbonyl (C=O) groups is 4. The molecule has 0 aromatic heterocycles. The molecule has 0 aromatic rings. The summed E-state index contributed by atoms with van der Waals surface area (Å²) in [5.74, 6) is -2.15. The lowest BCUT2D eigenvalue weighted by atomic mass is 9.52. The van der Waals surface area contributed by atoms with Gasteiger partial charge in [-0.25, -0.2) is 24.0 Å². The summed E-state index contributed by atoms with van der Waals surface area (Å²) in [6, 6.07) is 0. The molecule has 8 bridgehead atoms. The van der Waals surface area contributed by atoms with Gasteiger partial charge >= 0.3 is 48.6 Å². The van der Waals surface area contributed by atoms with Crippen molar-refractivity contribution in [1.82, 2.24) is 0 Å². The number of carbonyl (C=O) groups excluding carboxylic acids is 5. The van der Waals surface area contributed by atoms with Crippen LogP contribution < -0.4 is 0 Å². The Labute approximate surface area is 470 Å². The van der Waals surface area contributed by atoms with Crippen LogP contribution in [-0.2, 0) is 57.1 Å². The molecule has 3 N–H and O–H groups in total. The van der Waals surface area contributed by atoms with E-state index in [4.69, 9.17) is 33.5 Å². The van der Waals surface area contributed by atoms with Crippen LogP contribution in [0.3, 0.4) is 0 Å². The van der Waals surface area contributed by atoms with Gasteiger partial charge in [0, 0.05) is 40.9 Å². The van der Waals surface area contributed by atoms with E-state index >= 15 is 0 Å². The van der Waals surface area contributed by atoms with Crippen molar-refractivity contribution in [2.24, 2.45) is 29.6 Å². The topological polar surface area (TPSA) is 211 Å². The Balaban J connectivity index is 0.000000166. The Kier molecular flexibility index (Phi) is 19.1. The summed E-state index contributed by atoms with van der Waals surface area (Å²) >= 11 is 0. The highest BCUT2D eigenvalue weighted by atomic mass is 19.4. The molecule has 0 radical (unpaired) electrons. The zero-order valence-corrected chi connectivity index (χ0v) is 46.1. The summed E-state index contributed by atoms with van der Waals surface area (Å²) in [7, 11) is 0. The Morgan fingerprint density at radius 1 is 0.639 bits per heavy atom. The van der Waals surface area contributed by atoms with Gasteiger partial charge in [0.25, 0.3) is 11.2 Å². The van der Waals surface area contributed by atoms with E-state index in [1.807, 2.05) is 0 Å². The molecule has 11 aliphatic rings. The van der Waals surface area contributed by atoms with Gasteiger partial charge < -0.3 is 48.5 Å². The minimum Gasteiger partial charge on any atom is -0.459 e. The molecule has 6 saturated carbocycles. The molecule has 5 aliphatic heterocycles. The maximum absolute atomic E-state index is 13.0. The van der Waals surface area contributed by atoms with E-state index in [0.717, 1.165) is 70.6 Å². The molecule has 0 aromatic carbocycles. The van der Waals surface area contributed by atoms with Crippen LogP contribution >= 0.6 is 0 Å². The molecule has 0 amide bonds. The quantitative estimate of drug-likeness (QED) is 0.0578. The second-order valence-electron chi connectivity index (χ2n) is 24.5. The van der Waals surface area contributed by atoms with Crippen molar-refractivity contribution in [2.45, 2.75) is 239 Å². The van der Waals surface area contributed by atoms with Crippen molar-refractivity contribution in [2.75, 3.05) is 6.61 Å². The van der Waals surface area contributed by atoms with Gasteiger partial charge in [-0.05, 0) is 155 Å². The van der Waals surface area contributed by atoms with Gasteiger partial charge in [0.05, 0.1) is 36.6 Å². The number of hydrogen-bond donors (Lipinski definition) is 3. The molecule has 83 heavy (non-hydrogen) atoms. The maximum Gasteiger partial charge on any atom is 0.430 e. The first-order valence-electron chi connectivity index (χ1n) is 27.7. The van der Waals surface area contributed by atoms with E-state index in [1.165, 1.54) is 25.7 Å². The van der Waals surface area contributed by atoms with Crippen LogP contribution in [-0.4, -0.2) is 147 Å². The number of halogens is 12. The molecule has 12 unspecified atom stereocenters. The second kappa shape index (κ2) is 24.0. The smallest absolute Gasteiger partial charge is 0.430 e. The molecule has 6 aliphatic carbocycles. The Bertz CT molecular complexity index is 2500. The molecule has 5 saturated heterocycles. The number of fused-ring (bicyclic) bond motifs is 3. The minimum absolute atomic E-state index is 0.0441. The molecule has 5 heterocycles. The Hall–Kier alpha value is -4.53. The molecular weight excluding hydrogens is 1140 g/mol. The fraction of sp³-hybridized carbons (Fsp3) is 0.786. The van der Waals surface area contributed by atoms with Crippen molar-refractivity contribution < 1.29 is 125 Å². The normalized spacial score (nSPS) is 34.7. The number of rotatable bonds is 11. The summed E-state index contributed by atoms with van der Waals surface area (Å²) in [4.78, 5) is 57.2. The highest BCUT2D eigenvalue weighted by molar-refractivity contribution is 5.96. The lowest BCUT2D eigenvalue weighted by Gasteiger charge is -2.59. The van der Waals surface area contributed by atoms with Gasteiger partial charge in [0.1, 0.15) is 34.9 Å². The van der Waals surface area contributed by atoms with Crippen LogP contribution in [0, 0.1) is 29.6 Å². The van der Waals surface area contributed by atoms with E-state index in [-0.39, 0.29) is 53.9 Å².